The number of rotatable bonds is 3. The second-order valence-electron chi connectivity index (χ2n) is 4.15. The Kier molecular flexibility index (Phi) is 3.81. The highest BCUT2D eigenvalue weighted by atomic mass is 16.5. The normalized spacial score (nSPS) is 18.3. The molecular formula is C13H19NO4. The SMILES string of the molecule is COc1cc2c(c(OC)c1OC)[C@@H](N)CCCO2. The van der Waals surface area contributed by atoms with Crippen LogP contribution in [0.25, 0.3) is 0 Å². The van der Waals surface area contributed by atoms with Gasteiger partial charge in [-0.05, 0) is 12.8 Å². The van der Waals surface area contributed by atoms with E-state index in [0.717, 1.165) is 24.2 Å². The van der Waals surface area contributed by atoms with Gasteiger partial charge in [0.1, 0.15) is 5.75 Å². The summed E-state index contributed by atoms with van der Waals surface area (Å²) in [5, 5.41) is 0. The van der Waals surface area contributed by atoms with Gasteiger partial charge in [0, 0.05) is 12.1 Å². The van der Waals surface area contributed by atoms with Crippen molar-refractivity contribution in [3.63, 3.8) is 0 Å². The summed E-state index contributed by atoms with van der Waals surface area (Å²) < 4.78 is 21.8. The van der Waals surface area contributed by atoms with Crippen molar-refractivity contribution in [3.05, 3.63) is 11.6 Å². The number of fused-ring (bicyclic) bond motifs is 1. The molecule has 100 valence electrons. The highest BCUT2D eigenvalue weighted by molar-refractivity contribution is 5.62. The summed E-state index contributed by atoms with van der Waals surface area (Å²) in [5.41, 5.74) is 7.04. The van der Waals surface area contributed by atoms with E-state index in [1.807, 2.05) is 6.07 Å². The largest absolute Gasteiger partial charge is 0.493 e. The molecule has 0 bridgehead atoms. The maximum absolute atomic E-state index is 6.18. The van der Waals surface area contributed by atoms with Crippen molar-refractivity contribution in [1.82, 2.24) is 0 Å². The molecule has 18 heavy (non-hydrogen) atoms. The maximum Gasteiger partial charge on any atom is 0.203 e. The second kappa shape index (κ2) is 5.35. The van der Waals surface area contributed by atoms with Crippen molar-refractivity contribution in [2.75, 3.05) is 27.9 Å². The van der Waals surface area contributed by atoms with Crippen molar-refractivity contribution in [2.45, 2.75) is 18.9 Å². The number of ether oxygens (including phenoxy) is 4. The van der Waals surface area contributed by atoms with Gasteiger partial charge in [0.2, 0.25) is 5.75 Å². The van der Waals surface area contributed by atoms with Crippen molar-refractivity contribution >= 4 is 0 Å². The third kappa shape index (κ3) is 2.06. The lowest BCUT2D eigenvalue weighted by molar-refractivity contribution is 0.300. The summed E-state index contributed by atoms with van der Waals surface area (Å²) in [4.78, 5) is 0. The molecule has 1 heterocycles. The first-order valence-corrected chi connectivity index (χ1v) is 5.94. The Labute approximate surface area is 107 Å². The molecule has 0 amide bonds. The van der Waals surface area contributed by atoms with Gasteiger partial charge in [0.25, 0.3) is 0 Å². The molecular weight excluding hydrogens is 234 g/mol. The number of benzene rings is 1. The Hall–Kier alpha value is -1.62. The molecule has 1 atom stereocenters. The van der Waals surface area contributed by atoms with Crippen molar-refractivity contribution < 1.29 is 18.9 Å². The van der Waals surface area contributed by atoms with E-state index < -0.39 is 0 Å². The average molecular weight is 253 g/mol. The van der Waals surface area contributed by atoms with Gasteiger partial charge < -0.3 is 24.7 Å². The zero-order chi connectivity index (χ0) is 13.1. The van der Waals surface area contributed by atoms with Crippen LogP contribution in [0.3, 0.4) is 0 Å². The van der Waals surface area contributed by atoms with Crippen LogP contribution in [0.1, 0.15) is 24.4 Å². The van der Waals surface area contributed by atoms with Gasteiger partial charge in [-0.1, -0.05) is 0 Å². The fraction of sp³-hybridized carbons (Fsp3) is 0.538. The summed E-state index contributed by atoms with van der Waals surface area (Å²) >= 11 is 0. The van der Waals surface area contributed by atoms with Gasteiger partial charge in [-0.25, -0.2) is 0 Å². The standard InChI is InChI=1S/C13H19NO4/c1-15-10-7-9-11(8(14)5-4-6-18-9)13(17-3)12(10)16-2/h7-8H,4-6,14H2,1-3H3/t8-/m0/s1. The van der Waals surface area contributed by atoms with Gasteiger partial charge in [-0.3, -0.25) is 0 Å². The smallest absolute Gasteiger partial charge is 0.203 e. The van der Waals surface area contributed by atoms with Crippen LogP contribution >= 0.6 is 0 Å². The fourth-order valence-electron chi connectivity index (χ4n) is 2.26. The van der Waals surface area contributed by atoms with Crippen LogP contribution in [-0.2, 0) is 0 Å². The predicted octanol–water partition coefficient (Wildman–Crippen LogP) is 1.88. The minimum absolute atomic E-state index is 0.114. The lowest BCUT2D eigenvalue weighted by Crippen LogP contribution is -2.11. The first-order valence-electron chi connectivity index (χ1n) is 5.94. The second-order valence-corrected chi connectivity index (χ2v) is 4.15. The molecule has 1 aliphatic heterocycles. The average Bonchev–Trinajstić information content (AvgIpc) is 2.58. The fourth-order valence-corrected chi connectivity index (χ4v) is 2.26. The molecule has 5 heteroatoms. The zero-order valence-electron chi connectivity index (χ0n) is 11.0. The summed E-state index contributed by atoms with van der Waals surface area (Å²) in [6.07, 6.45) is 1.78. The topological polar surface area (TPSA) is 62.9 Å². The number of methoxy groups -OCH3 is 3. The number of nitrogens with two attached hydrogens (primary N) is 1. The van der Waals surface area contributed by atoms with Crippen LogP contribution in [0.4, 0.5) is 0 Å². The molecule has 0 spiro atoms. The van der Waals surface area contributed by atoms with E-state index in [9.17, 15) is 0 Å². The van der Waals surface area contributed by atoms with Gasteiger partial charge in [-0.15, -0.1) is 0 Å². The summed E-state index contributed by atoms with van der Waals surface area (Å²) in [6.45, 7) is 0.652. The molecule has 0 unspecified atom stereocenters. The summed E-state index contributed by atoms with van der Waals surface area (Å²) in [6, 6.07) is 1.69. The van der Waals surface area contributed by atoms with E-state index in [0.29, 0.717) is 23.9 Å². The number of hydrogen-bond acceptors (Lipinski definition) is 5. The molecule has 0 aromatic heterocycles. The van der Waals surface area contributed by atoms with Crippen LogP contribution in [-0.4, -0.2) is 27.9 Å². The Balaban J connectivity index is 2.64. The van der Waals surface area contributed by atoms with Crippen molar-refractivity contribution in [2.24, 2.45) is 5.73 Å². The van der Waals surface area contributed by atoms with E-state index in [1.54, 1.807) is 21.3 Å². The monoisotopic (exact) mass is 253 g/mol. The molecule has 2 rings (SSSR count). The molecule has 2 N–H and O–H groups in total. The lowest BCUT2D eigenvalue weighted by Gasteiger charge is -2.20. The molecule has 5 nitrogen and oxygen atoms in total. The maximum atomic E-state index is 6.18. The molecule has 0 saturated heterocycles. The Morgan fingerprint density at radius 2 is 1.89 bits per heavy atom. The third-order valence-corrected chi connectivity index (χ3v) is 3.12. The summed E-state index contributed by atoms with van der Waals surface area (Å²) in [7, 11) is 4.76. The molecule has 1 aromatic carbocycles. The van der Waals surface area contributed by atoms with Crippen LogP contribution in [0, 0.1) is 0 Å². The van der Waals surface area contributed by atoms with Gasteiger partial charge in [-0.2, -0.15) is 0 Å². The molecule has 1 aromatic rings. The highest BCUT2D eigenvalue weighted by Gasteiger charge is 2.27. The van der Waals surface area contributed by atoms with Gasteiger partial charge in [0.15, 0.2) is 11.5 Å². The summed E-state index contributed by atoms with van der Waals surface area (Å²) in [5.74, 6) is 2.46. The Bertz CT molecular complexity index is 433. The van der Waals surface area contributed by atoms with E-state index in [2.05, 4.69) is 0 Å². The molecule has 0 aliphatic carbocycles. The van der Waals surface area contributed by atoms with Crippen LogP contribution in [0.2, 0.25) is 0 Å². The predicted molar refractivity (Wildman–Crippen MR) is 67.8 cm³/mol. The van der Waals surface area contributed by atoms with Gasteiger partial charge >= 0.3 is 0 Å². The van der Waals surface area contributed by atoms with Crippen LogP contribution < -0.4 is 24.7 Å². The lowest BCUT2D eigenvalue weighted by atomic mass is 10.0. The molecule has 0 fully saturated rings. The minimum atomic E-state index is -0.114. The van der Waals surface area contributed by atoms with Gasteiger partial charge in [0.05, 0.1) is 33.5 Å². The van der Waals surface area contributed by atoms with E-state index in [1.165, 1.54) is 0 Å². The van der Waals surface area contributed by atoms with Crippen LogP contribution in [0.5, 0.6) is 23.0 Å². The first kappa shape index (κ1) is 12.8. The minimum Gasteiger partial charge on any atom is -0.493 e. The van der Waals surface area contributed by atoms with Crippen LogP contribution in [0.15, 0.2) is 6.07 Å². The van der Waals surface area contributed by atoms with Crippen molar-refractivity contribution in [3.8, 4) is 23.0 Å². The molecule has 1 aliphatic rings. The first-order chi connectivity index (χ1) is 8.72. The van der Waals surface area contributed by atoms with E-state index in [4.69, 9.17) is 24.7 Å². The highest BCUT2D eigenvalue weighted by Crippen LogP contribution is 2.48. The Morgan fingerprint density at radius 3 is 2.50 bits per heavy atom. The third-order valence-electron chi connectivity index (χ3n) is 3.12. The quantitative estimate of drug-likeness (QED) is 0.891. The Morgan fingerprint density at radius 1 is 1.17 bits per heavy atom. The zero-order valence-corrected chi connectivity index (χ0v) is 11.0. The molecule has 0 saturated carbocycles. The van der Waals surface area contributed by atoms with Crippen molar-refractivity contribution in [1.29, 1.82) is 0 Å². The number of hydrogen-bond donors (Lipinski definition) is 1. The molecule has 0 radical (unpaired) electrons. The van der Waals surface area contributed by atoms with E-state index in [-0.39, 0.29) is 6.04 Å². The van der Waals surface area contributed by atoms with E-state index >= 15 is 0 Å².